The Balaban J connectivity index is 1.48. The Bertz CT molecular complexity index is 1290. The first-order valence-electron chi connectivity index (χ1n) is 10.5. The van der Waals surface area contributed by atoms with Crippen LogP contribution in [0.25, 0.3) is 11.4 Å². The highest BCUT2D eigenvalue weighted by Gasteiger charge is 2.34. The zero-order valence-corrected chi connectivity index (χ0v) is 18.0. The van der Waals surface area contributed by atoms with Crippen LogP contribution in [0.15, 0.2) is 53.3 Å². The lowest BCUT2D eigenvalue weighted by Gasteiger charge is -2.13. The number of alkyl halides is 6. The molecule has 0 atom stereocenters. The van der Waals surface area contributed by atoms with Gasteiger partial charge in [-0.15, -0.1) is 5.10 Å². The summed E-state index contributed by atoms with van der Waals surface area (Å²) in [5.41, 5.74) is -2.75. The normalized spacial score (nSPS) is 14.1. The minimum Gasteiger partial charge on any atom is -0.336 e. The van der Waals surface area contributed by atoms with Crippen molar-refractivity contribution in [1.82, 2.24) is 19.7 Å². The smallest absolute Gasteiger partial charge is 0.336 e. The molecule has 0 spiro atoms. The van der Waals surface area contributed by atoms with Crippen molar-refractivity contribution in [3.8, 4) is 11.4 Å². The monoisotopic (exact) mass is 499 g/mol. The molecule has 1 aromatic heterocycles. The van der Waals surface area contributed by atoms with E-state index in [0.717, 1.165) is 28.9 Å². The third kappa shape index (κ3) is 5.49. The van der Waals surface area contributed by atoms with Gasteiger partial charge in [0.1, 0.15) is 0 Å². The molecule has 0 aliphatic heterocycles. The van der Waals surface area contributed by atoms with Gasteiger partial charge in [-0.2, -0.15) is 26.3 Å². The summed E-state index contributed by atoms with van der Waals surface area (Å²) < 4.78 is 80.9. The van der Waals surface area contributed by atoms with Crippen molar-refractivity contribution >= 4 is 11.7 Å². The van der Waals surface area contributed by atoms with Gasteiger partial charge in [-0.05, 0) is 37.1 Å². The molecule has 0 radical (unpaired) electrons. The van der Waals surface area contributed by atoms with Crippen LogP contribution >= 0.6 is 0 Å². The molecule has 0 saturated heterocycles. The van der Waals surface area contributed by atoms with Gasteiger partial charge in [0, 0.05) is 18.2 Å². The van der Waals surface area contributed by atoms with Crippen LogP contribution in [0.4, 0.5) is 36.8 Å². The second-order valence-electron chi connectivity index (χ2n) is 7.93. The fraction of sp³-hybridized carbons (Fsp3) is 0.318. The van der Waals surface area contributed by atoms with Crippen LogP contribution in [0.1, 0.15) is 30.0 Å². The van der Waals surface area contributed by atoms with Crippen LogP contribution in [0, 0.1) is 0 Å². The number of rotatable bonds is 6. The summed E-state index contributed by atoms with van der Waals surface area (Å²) in [6.45, 7) is -0.303. The summed E-state index contributed by atoms with van der Waals surface area (Å²) in [5, 5.41) is 8.64. The molecule has 2 amide bonds. The first kappa shape index (κ1) is 24.4. The molecule has 35 heavy (non-hydrogen) atoms. The number of halogens is 6. The third-order valence-electron chi connectivity index (χ3n) is 5.32. The molecule has 3 aromatic rings. The van der Waals surface area contributed by atoms with E-state index < -0.39 is 40.9 Å². The van der Waals surface area contributed by atoms with Crippen LogP contribution < -0.4 is 16.3 Å². The van der Waals surface area contributed by atoms with Gasteiger partial charge in [-0.1, -0.05) is 24.3 Å². The maximum absolute atomic E-state index is 13.1. The number of benzene rings is 2. The van der Waals surface area contributed by atoms with E-state index in [1.165, 1.54) is 28.8 Å². The van der Waals surface area contributed by atoms with Crippen LogP contribution in [0.5, 0.6) is 0 Å². The van der Waals surface area contributed by atoms with E-state index in [0.29, 0.717) is 12.8 Å². The van der Waals surface area contributed by atoms with Gasteiger partial charge >= 0.3 is 24.1 Å². The van der Waals surface area contributed by atoms with Crippen LogP contribution in [0.3, 0.4) is 0 Å². The van der Waals surface area contributed by atoms with Crippen molar-refractivity contribution in [2.75, 3.05) is 11.9 Å². The summed E-state index contributed by atoms with van der Waals surface area (Å²) in [5.74, 6) is 0.0761. The van der Waals surface area contributed by atoms with Gasteiger partial charge in [0.05, 0.1) is 23.4 Å². The molecule has 186 valence electrons. The van der Waals surface area contributed by atoms with E-state index in [1.54, 1.807) is 0 Å². The molecular formula is C22H19F6N5O2. The molecule has 1 saturated carbocycles. The Hall–Kier alpha value is -3.77. The zero-order chi connectivity index (χ0) is 25.4. The van der Waals surface area contributed by atoms with E-state index in [2.05, 4.69) is 15.7 Å². The molecule has 13 heteroatoms. The highest BCUT2D eigenvalue weighted by molar-refractivity contribution is 5.90. The predicted octanol–water partition coefficient (Wildman–Crippen LogP) is 4.91. The Morgan fingerprint density at radius 2 is 1.71 bits per heavy atom. The van der Waals surface area contributed by atoms with Crippen LogP contribution in [0.2, 0.25) is 0 Å². The Morgan fingerprint density at radius 1 is 1.00 bits per heavy atom. The second kappa shape index (κ2) is 9.12. The predicted molar refractivity (Wildman–Crippen MR) is 114 cm³/mol. The SMILES string of the molecule is O=C(NCCn1nc(-c2cccc(C(F)(F)F)c2)n(C2CC2)c1=O)Nc1ccccc1C(F)(F)F. The van der Waals surface area contributed by atoms with Gasteiger partial charge in [0.15, 0.2) is 5.82 Å². The summed E-state index contributed by atoms with van der Waals surface area (Å²) in [4.78, 5) is 24.9. The van der Waals surface area contributed by atoms with Crippen molar-refractivity contribution in [3.05, 3.63) is 70.1 Å². The van der Waals surface area contributed by atoms with Gasteiger partial charge in [0.25, 0.3) is 0 Å². The number of anilines is 1. The number of hydrogen-bond acceptors (Lipinski definition) is 3. The third-order valence-corrected chi connectivity index (χ3v) is 5.32. The molecule has 1 aliphatic rings. The number of hydrogen-bond donors (Lipinski definition) is 2. The van der Waals surface area contributed by atoms with E-state index in [9.17, 15) is 35.9 Å². The number of nitrogens with zero attached hydrogens (tertiary/aromatic N) is 3. The van der Waals surface area contributed by atoms with Crippen molar-refractivity contribution < 1.29 is 31.1 Å². The fourth-order valence-corrected chi connectivity index (χ4v) is 3.54. The molecule has 1 aliphatic carbocycles. The van der Waals surface area contributed by atoms with Crippen LogP contribution in [-0.2, 0) is 18.9 Å². The van der Waals surface area contributed by atoms with Gasteiger partial charge in [-0.3, -0.25) is 4.57 Å². The molecule has 2 aromatic carbocycles. The Kier molecular flexibility index (Phi) is 6.34. The van der Waals surface area contributed by atoms with Crippen molar-refractivity contribution in [2.24, 2.45) is 0 Å². The van der Waals surface area contributed by atoms with E-state index in [4.69, 9.17) is 0 Å². The average Bonchev–Trinajstić information content (AvgIpc) is 3.56. The Labute approximate surface area is 194 Å². The number of carbonyl (C=O) groups is 1. The van der Waals surface area contributed by atoms with Gasteiger partial charge in [-0.25, -0.2) is 14.3 Å². The highest BCUT2D eigenvalue weighted by Crippen LogP contribution is 2.38. The highest BCUT2D eigenvalue weighted by atomic mass is 19.4. The van der Waals surface area contributed by atoms with E-state index >= 15 is 0 Å². The largest absolute Gasteiger partial charge is 0.418 e. The van der Waals surface area contributed by atoms with Gasteiger partial charge in [0.2, 0.25) is 0 Å². The zero-order valence-electron chi connectivity index (χ0n) is 18.0. The maximum atomic E-state index is 13.1. The first-order chi connectivity index (χ1) is 16.4. The number of para-hydroxylation sites is 1. The van der Waals surface area contributed by atoms with Crippen molar-refractivity contribution in [1.29, 1.82) is 0 Å². The summed E-state index contributed by atoms with van der Waals surface area (Å²) >= 11 is 0. The van der Waals surface area contributed by atoms with E-state index in [1.807, 2.05) is 0 Å². The quantitative estimate of drug-likeness (QED) is 0.474. The number of carbonyl (C=O) groups excluding carboxylic acids is 1. The molecule has 0 bridgehead atoms. The van der Waals surface area contributed by atoms with Crippen molar-refractivity contribution in [2.45, 2.75) is 37.8 Å². The molecule has 2 N–H and O–H groups in total. The van der Waals surface area contributed by atoms with Crippen molar-refractivity contribution in [3.63, 3.8) is 0 Å². The molecule has 4 rings (SSSR count). The molecule has 1 fully saturated rings. The minimum absolute atomic E-state index is 0.0761. The topological polar surface area (TPSA) is 81.0 Å². The summed E-state index contributed by atoms with van der Waals surface area (Å²) in [6, 6.07) is 7.83. The first-order valence-corrected chi connectivity index (χ1v) is 10.5. The lowest BCUT2D eigenvalue weighted by Crippen LogP contribution is -2.34. The number of aromatic nitrogens is 3. The van der Waals surface area contributed by atoms with Gasteiger partial charge < -0.3 is 10.6 Å². The summed E-state index contributed by atoms with van der Waals surface area (Å²) in [6.07, 6.45) is -7.87. The maximum Gasteiger partial charge on any atom is 0.418 e. The molecule has 1 heterocycles. The minimum atomic E-state index is -4.66. The number of nitrogens with one attached hydrogen (secondary N) is 2. The lowest BCUT2D eigenvalue weighted by molar-refractivity contribution is -0.138. The lowest BCUT2D eigenvalue weighted by atomic mass is 10.1. The number of urea groups is 1. The average molecular weight is 499 g/mol. The standard InChI is InChI=1S/C22H19F6N5O2/c23-21(24,25)14-5-3-4-13(12-14)18-31-32(20(35)33(18)15-8-9-15)11-10-29-19(34)30-17-7-2-1-6-16(17)22(26,27)28/h1-7,12,15H,8-11H2,(H2,29,30,34). The number of amides is 2. The fourth-order valence-electron chi connectivity index (χ4n) is 3.54. The molecular weight excluding hydrogens is 480 g/mol. The van der Waals surface area contributed by atoms with E-state index in [-0.39, 0.29) is 30.5 Å². The molecule has 0 unspecified atom stereocenters. The Morgan fingerprint density at radius 3 is 2.37 bits per heavy atom. The summed E-state index contributed by atoms with van der Waals surface area (Å²) in [7, 11) is 0. The van der Waals surface area contributed by atoms with Crippen LogP contribution in [-0.4, -0.2) is 26.9 Å². The second-order valence-corrected chi connectivity index (χ2v) is 7.93. The molecule has 7 nitrogen and oxygen atoms in total.